The molecule has 0 saturated heterocycles. The number of rotatable bonds is 4. The summed E-state index contributed by atoms with van der Waals surface area (Å²) in [6.07, 6.45) is 0.195. The van der Waals surface area contributed by atoms with Gasteiger partial charge in [0, 0.05) is 11.6 Å². The van der Waals surface area contributed by atoms with E-state index in [9.17, 15) is 9.18 Å². The number of carbonyl (C=O) groups excluding carboxylic acids is 1. The van der Waals surface area contributed by atoms with Gasteiger partial charge in [0.15, 0.2) is 23.5 Å². The summed E-state index contributed by atoms with van der Waals surface area (Å²) >= 11 is 5.87. The van der Waals surface area contributed by atoms with Gasteiger partial charge in [0.25, 0.3) is 0 Å². The zero-order valence-corrected chi connectivity index (χ0v) is 9.97. The number of hydrogen-bond acceptors (Lipinski definition) is 3. The molecule has 3 nitrogen and oxygen atoms in total. The molecular formula is C11H12ClFO3. The molecule has 0 amide bonds. The second kappa shape index (κ2) is 4.70. The van der Waals surface area contributed by atoms with Gasteiger partial charge < -0.3 is 9.47 Å². The highest BCUT2D eigenvalue weighted by Gasteiger charge is 2.29. The average Bonchev–Trinajstić information content (AvgIpc) is 2.28. The van der Waals surface area contributed by atoms with E-state index >= 15 is 0 Å². The van der Waals surface area contributed by atoms with Gasteiger partial charge in [-0.05, 0) is 13.0 Å². The summed E-state index contributed by atoms with van der Waals surface area (Å²) < 4.78 is 23.8. The third kappa shape index (κ3) is 2.27. The minimum Gasteiger partial charge on any atom is -0.493 e. The Bertz CT molecular complexity index is 404. The first-order valence-corrected chi connectivity index (χ1v) is 4.91. The van der Waals surface area contributed by atoms with Crippen molar-refractivity contribution in [2.75, 3.05) is 14.2 Å². The molecule has 1 rings (SSSR count). The molecule has 0 heterocycles. The lowest BCUT2D eigenvalue weighted by Gasteiger charge is -2.17. The number of halogens is 2. The normalized spacial score (nSPS) is 14.1. The zero-order valence-electron chi connectivity index (χ0n) is 9.21. The molecule has 0 aliphatic rings. The Morgan fingerprint density at radius 2 is 1.81 bits per heavy atom. The van der Waals surface area contributed by atoms with Gasteiger partial charge in [-0.1, -0.05) is 11.6 Å². The molecule has 0 aliphatic heterocycles. The first-order chi connectivity index (χ1) is 7.46. The lowest BCUT2D eigenvalue weighted by Crippen LogP contribution is -2.17. The van der Waals surface area contributed by atoms with Crippen molar-refractivity contribution >= 4 is 17.9 Å². The van der Waals surface area contributed by atoms with Gasteiger partial charge in [0.05, 0.1) is 19.2 Å². The highest BCUT2D eigenvalue weighted by Crippen LogP contribution is 2.38. The van der Waals surface area contributed by atoms with Crippen molar-refractivity contribution in [3.05, 3.63) is 22.7 Å². The molecule has 0 saturated carbocycles. The van der Waals surface area contributed by atoms with Crippen LogP contribution in [0.1, 0.15) is 12.5 Å². The van der Waals surface area contributed by atoms with Crippen LogP contribution in [-0.4, -0.2) is 20.5 Å². The third-order valence-electron chi connectivity index (χ3n) is 2.22. The standard InChI is InChI=1S/C11H12ClFO3/c1-11(13,6-14)7-4-9(15-2)10(16-3)5-8(7)12/h4-6H,1-3H3. The van der Waals surface area contributed by atoms with Crippen molar-refractivity contribution in [2.45, 2.75) is 12.6 Å². The van der Waals surface area contributed by atoms with Crippen LogP contribution in [0.3, 0.4) is 0 Å². The van der Waals surface area contributed by atoms with Crippen LogP contribution in [0, 0.1) is 0 Å². The van der Waals surface area contributed by atoms with Crippen molar-refractivity contribution in [2.24, 2.45) is 0 Å². The lowest BCUT2D eigenvalue weighted by molar-refractivity contribution is -0.117. The largest absolute Gasteiger partial charge is 0.493 e. The number of methoxy groups -OCH3 is 2. The van der Waals surface area contributed by atoms with Crippen LogP contribution < -0.4 is 9.47 Å². The van der Waals surface area contributed by atoms with Crippen LogP contribution in [0.2, 0.25) is 5.02 Å². The van der Waals surface area contributed by atoms with Gasteiger partial charge in [-0.2, -0.15) is 0 Å². The number of benzene rings is 1. The van der Waals surface area contributed by atoms with Crippen molar-refractivity contribution in [3.8, 4) is 11.5 Å². The molecule has 0 aliphatic carbocycles. The molecule has 1 aromatic rings. The van der Waals surface area contributed by atoms with Crippen LogP contribution in [0.5, 0.6) is 11.5 Å². The number of alkyl halides is 1. The number of carbonyl (C=O) groups is 1. The molecule has 0 N–H and O–H groups in total. The molecule has 1 unspecified atom stereocenters. The third-order valence-corrected chi connectivity index (χ3v) is 2.53. The van der Waals surface area contributed by atoms with E-state index in [2.05, 4.69) is 0 Å². The molecule has 0 radical (unpaired) electrons. The fourth-order valence-electron chi connectivity index (χ4n) is 1.29. The van der Waals surface area contributed by atoms with Crippen LogP contribution >= 0.6 is 11.6 Å². The molecule has 1 aromatic carbocycles. The predicted octanol–water partition coefficient (Wildman–Crippen LogP) is 2.74. The Kier molecular flexibility index (Phi) is 3.75. The topological polar surface area (TPSA) is 35.5 Å². The SMILES string of the molecule is COc1cc(Cl)c(C(C)(F)C=O)cc1OC. The molecule has 0 bridgehead atoms. The van der Waals surface area contributed by atoms with E-state index in [0.717, 1.165) is 6.92 Å². The van der Waals surface area contributed by atoms with Gasteiger partial charge in [0.2, 0.25) is 0 Å². The first-order valence-electron chi connectivity index (χ1n) is 4.53. The van der Waals surface area contributed by atoms with E-state index in [1.165, 1.54) is 26.4 Å². The Balaban J connectivity index is 3.37. The minimum absolute atomic E-state index is 0.0572. The highest BCUT2D eigenvalue weighted by atomic mass is 35.5. The Hall–Kier alpha value is -1.29. The quantitative estimate of drug-likeness (QED) is 0.767. The van der Waals surface area contributed by atoms with Gasteiger partial charge >= 0.3 is 0 Å². The summed E-state index contributed by atoms with van der Waals surface area (Å²) in [6.45, 7) is 1.13. The number of hydrogen-bond donors (Lipinski definition) is 0. The van der Waals surface area contributed by atoms with Gasteiger partial charge in [-0.3, -0.25) is 4.79 Å². The van der Waals surface area contributed by atoms with E-state index < -0.39 is 5.67 Å². The molecule has 0 fully saturated rings. The van der Waals surface area contributed by atoms with Crippen molar-refractivity contribution < 1.29 is 18.7 Å². The van der Waals surface area contributed by atoms with Crippen LogP contribution in [0.25, 0.3) is 0 Å². The Labute approximate surface area is 98.1 Å². The predicted molar refractivity (Wildman–Crippen MR) is 59.1 cm³/mol. The Morgan fingerprint density at radius 1 is 1.31 bits per heavy atom. The molecule has 0 aromatic heterocycles. The lowest BCUT2D eigenvalue weighted by atomic mass is 9.99. The van der Waals surface area contributed by atoms with Gasteiger partial charge in [0.1, 0.15) is 0 Å². The zero-order chi connectivity index (χ0) is 12.3. The van der Waals surface area contributed by atoms with Gasteiger partial charge in [-0.25, -0.2) is 4.39 Å². The summed E-state index contributed by atoms with van der Waals surface area (Å²) in [5.74, 6) is 0.713. The highest BCUT2D eigenvalue weighted by molar-refractivity contribution is 6.31. The molecule has 5 heteroatoms. The Morgan fingerprint density at radius 3 is 2.25 bits per heavy atom. The smallest absolute Gasteiger partial charge is 0.189 e. The van der Waals surface area contributed by atoms with Crippen molar-refractivity contribution in [3.63, 3.8) is 0 Å². The molecule has 16 heavy (non-hydrogen) atoms. The summed E-state index contributed by atoms with van der Waals surface area (Å²) in [7, 11) is 2.87. The maximum absolute atomic E-state index is 13.8. The van der Waals surface area contributed by atoms with E-state index in [4.69, 9.17) is 21.1 Å². The first kappa shape index (κ1) is 12.8. The second-order valence-corrected chi connectivity index (χ2v) is 3.79. The monoisotopic (exact) mass is 246 g/mol. The van der Waals surface area contributed by atoms with Crippen molar-refractivity contribution in [1.29, 1.82) is 0 Å². The van der Waals surface area contributed by atoms with Crippen LogP contribution in [0.15, 0.2) is 12.1 Å². The number of ether oxygens (including phenoxy) is 2. The maximum atomic E-state index is 13.8. The molecule has 88 valence electrons. The fourth-order valence-corrected chi connectivity index (χ4v) is 1.63. The number of aldehydes is 1. The van der Waals surface area contributed by atoms with E-state index in [1.54, 1.807) is 0 Å². The second-order valence-electron chi connectivity index (χ2n) is 3.38. The summed E-state index contributed by atoms with van der Waals surface area (Å²) in [4.78, 5) is 10.6. The molecule has 1 atom stereocenters. The van der Waals surface area contributed by atoms with E-state index in [1.807, 2.05) is 0 Å². The van der Waals surface area contributed by atoms with E-state index in [-0.39, 0.29) is 16.9 Å². The van der Waals surface area contributed by atoms with Crippen LogP contribution in [-0.2, 0) is 10.5 Å². The van der Waals surface area contributed by atoms with E-state index in [0.29, 0.717) is 11.5 Å². The summed E-state index contributed by atoms with van der Waals surface area (Å²) in [6, 6.07) is 2.77. The summed E-state index contributed by atoms with van der Waals surface area (Å²) in [5, 5.41) is 0.120. The minimum atomic E-state index is -2.14. The van der Waals surface area contributed by atoms with Gasteiger partial charge in [-0.15, -0.1) is 0 Å². The molecule has 0 spiro atoms. The fraction of sp³-hybridized carbons (Fsp3) is 0.364. The summed E-state index contributed by atoms with van der Waals surface area (Å²) in [5.41, 5.74) is -2.08. The molecular weight excluding hydrogens is 235 g/mol. The maximum Gasteiger partial charge on any atom is 0.189 e. The van der Waals surface area contributed by atoms with Crippen LogP contribution in [0.4, 0.5) is 4.39 Å². The average molecular weight is 247 g/mol. The van der Waals surface area contributed by atoms with Crippen molar-refractivity contribution in [1.82, 2.24) is 0 Å².